The van der Waals surface area contributed by atoms with Crippen LogP contribution in [0.5, 0.6) is 0 Å². The van der Waals surface area contributed by atoms with Gasteiger partial charge in [-0.05, 0) is 0 Å². The van der Waals surface area contributed by atoms with Crippen molar-refractivity contribution in [1.29, 1.82) is 0 Å². The first-order valence-electron chi connectivity index (χ1n) is 12.1. The van der Waals surface area contributed by atoms with Gasteiger partial charge in [-0.1, -0.05) is 0 Å². The van der Waals surface area contributed by atoms with Crippen LogP contribution in [0.3, 0.4) is 0 Å². The van der Waals surface area contributed by atoms with Crippen molar-refractivity contribution in [3.63, 3.8) is 0 Å². The van der Waals surface area contributed by atoms with E-state index in [-0.39, 0.29) is 5.41 Å². The summed E-state index contributed by atoms with van der Waals surface area (Å²) in [5, 5.41) is 4.08. The quantitative estimate of drug-likeness (QED) is 0.216. The summed E-state index contributed by atoms with van der Waals surface area (Å²) in [6.07, 6.45) is 2.02. The zero-order chi connectivity index (χ0) is 24.3. The molecular formula is C31H33GeNSe. The fourth-order valence-corrected chi connectivity index (χ4v) is 18.0. The van der Waals surface area contributed by atoms with E-state index in [2.05, 4.69) is 113 Å². The Morgan fingerprint density at radius 1 is 0.824 bits per heavy atom. The van der Waals surface area contributed by atoms with Crippen LogP contribution in [-0.2, 0) is 5.41 Å². The summed E-state index contributed by atoms with van der Waals surface area (Å²) < 4.78 is 4.80. The third-order valence-corrected chi connectivity index (χ3v) is 23.1. The number of fused-ring (bicyclic) bond motifs is 2. The van der Waals surface area contributed by atoms with E-state index in [1.807, 2.05) is 6.20 Å². The zero-order valence-corrected chi connectivity index (χ0v) is 25.1. The van der Waals surface area contributed by atoms with E-state index >= 15 is 0 Å². The number of benzene rings is 3. The van der Waals surface area contributed by atoms with E-state index in [0.29, 0.717) is 14.5 Å². The molecule has 3 aromatic carbocycles. The van der Waals surface area contributed by atoms with Crippen LogP contribution in [0.15, 0.2) is 72.9 Å². The molecule has 0 aliphatic rings. The van der Waals surface area contributed by atoms with E-state index in [4.69, 9.17) is 4.98 Å². The second kappa shape index (κ2) is 8.52. The molecule has 0 atom stereocenters. The Labute approximate surface area is 212 Å². The molecule has 5 aromatic rings. The molecule has 0 radical (unpaired) electrons. The van der Waals surface area contributed by atoms with Gasteiger partial charge in [-0.2, -0.15) is 0 Å². The molecule has 2 aromatic heterocycles. The molecule has 0 aliphatic heterocycles. The molecule has 0 N–H and O–H groups in total. The third-order valence-electron chi connectivity index (χ3n) is 7.14. The van der Waals surface area contributed by atoms with Crippen LogP contribution in [0, 0.1) is 13.8 Å². The van der Waals surface area contributed by atoms with E-state index in [0.717, 1.165) is 0 Å². The zero-order valence-electron chi connectivity index (χ0n) is 21.3. The summed E-state index contributed by atoms with van der Waals surface area (Å²) in [5.41, 5.74) is 6.77. The van der Waals surface area contributed by atoms with Crippen LogP contribution < -0.4 is 7.67 Å². The van der Waals surface area contributed by atoms with Crippen LogP contribution in [-0.4, -0.2) is 32.8 Å². The van der Waals surface area contributed by atoms with Crippen molar-refractivity contribution < 1.29 is 0 Å². The topological polar surface area (TPSA) is 12.9 Å². The van der Waals surface area contributed by atoms with Gasteiger partial charge in [0.05, 0.1) is 0 Å². The number of hydrogen-bond acceptors (Lipinski definition) is 1. The van der Waals surface area contributed by atoms with Gasteiger partial charge in [0, 0.05) is 0 Å². The van der Waals surface area contributed by atoms with Crippen molar-refractivity contribution in [3.05, 3.63) is 89.6 Å². The number of pyridine rings is 1. The molecule has 0 fully saturated rings. The van der Waals surface area contributed by atoms with E-state index < -0.39 is 13.3 Å². The van der Waals surface area contributed by atoms with E-state index in [1.54, 1.807) is 7.67 Å². The van der Waals surface area contributed by atoms with Gasteiger partial charge in [-0.3, -0.25) is 0 Å². The Bertz CT molecular complexity index is 1520. The molecule has 0 aliphatic carbocycles. The van der Waals surface area contributed by atoms with Crippen LogP contribution in [0.1, 0.15) is 37.5 Å². The minimum atomic E-state index is -2.37. The Kier molecular flexibility index (Phi) is 5.91. The van der Waals surface area contributed by atoms with E-state index in [1.165, 1.54) is 48.4 Å². The summed E-state index contributed by atoms with van der Waals surface area (Å²) >= 11 is -2.06. The summed E-state index contributed by atoms with van der Waals surface area (Å²) in [4.78, 5) is 5.00. The first kappa shape index (κ1) is 23.6. The number of rotatable bonds is 3. The Balaban J connectivity index is 1.74. The Morgan fingerprint density at radius 3 is 2.24 bits per heavy atom. The predicted octanol–water partition coefficient (Wildman–Crippen LogP) is 6.85. The molecule has 1 nitrogen and oxygen atoms in total. The molecule has 2 heterocycles. The van der Waals surface area contributed by atoms with Gasteiger partial charge in [0.25, 0.3) is 0 Å². The predicted molar refractivity (Wildman–Crippen MR) is 153 cm³/mol. The normalized spacial score (nSPS) is 12.6. The number of nitrogens with zero attached hydrogens (tertiary/aromatic N) is 1. The summed E-state index contributed by atoms with van der Waals surface area (Å²) in [6.45, 7) is 11.5. The number of aryl methyl sites for hydroxylation is 2. The standard InChI is InChI=1S/C31H33GeNSe/c1-20-12-14-24(15-13-20)32(6,7)30-21(2)25-16-17-33-28(29(25)34-30)23-18-22-10-8-9-11-26(22)27(19-23)31(3,4)5/h8-19H,1-7H3. The molecule has 0 saturated carbocycles. The first-order valence-corrected chi connectivity index (χ1v) is 20.1. The van der Waals surface area contributed by atoms with Gasteiger partial charge in [-0.15, -0.1) is 0 Å². The van der Waals surface area contributed by atoms with Gasteiger partial charge < -0.3 is 0 Å². The molecule has 172 valence electrons. The van der Waals surface area contributed by atoms with Gasteiger partial charge in [-0.25, -0.2) is 0 Å². The molecular weight excluding hydrogens is 538 g/mol. The average Bonchev–Trinajstić information content (AvgIpc) is 3.15. The van der Waals surface area contributed by atoms with Crippen molar-refractivity contribution in [2.45, 2.75) is 51.5 Å². The summed E-state index contributed by atoms with van der Waals surface area (Å²) in [7, 11) is 0. The van der Waals surface area contributed by atoms with Crippen molar-refractivity contribution in [2.24, 2.45) is 0 Å². The Hall–Kier alpha value is -2.13. The van der Waals surface area contributed by atoms with Crippen LogP contribution in [0.2, 0.25) is 11.5 Å². The van der Waals surface area contributed by atoms with E-state index in [9.17, 15) is 0 Å². The first-order chi connectivity index (χ1) is 16.1. The van der Waals surface area contributed by atoms with Gasteiger partial charge in [0.2, 0.25) is 0 Å². The second-order valence-corrected chi connectivity index (χ2v) is 24.0. The maximum absolute atomic E-state index is 5.00. The average molecular weight is 571 g/mol. The number of aromatic nitrogens is 1. The molecule has 3 heteroatoms. The van der Waals surface area contributed by atoms with Crippen molar-refractivity contribution >= 4 is 55.9 Å². The fourth-order valence-electron chi connectivity index (χ4n) is 5.12. The fraction of sp³-hybridized carbons (Fsp3) is 0.258. The monoisotopic (exact) mass is 573 g/mol. The molecule has 0 saturated heterocycles. The Morgan fingerprint density at radius 2 is 1.53 bits per heavy atom. The van der Waals surface area contributed by atoms with Gasteiger partial charge in [0.1, 0.15) is 0 Å². The molecule has 0 spiro atoms. The van der Waals surface area contributed by atoms with Crippen molar-refractivity contribution in [2.75, 3.05) is 0 Å². The molecule has 34 heavy (non-hydrogen) atoms. The summed E-state index contributed by atoms with van der Waals surface area (Å²) in [5.74, 6) is 5.13. The van der Waals surface area contributed by atoms with Gasteiger partial charge in [0.15, 0.2) is 0 Å². The SMILES string of the molecule is Cc1cc[c]([Ge]([CH3])([CH3])[c]2[se]c3c(-c4cc(C(C)(C)C)c5ccccc5c4)nccc3c2C)cc1. The number of hydrogen-bond donors (Lipinski definition) is 0. The molecule has 0 unspecified atom stereocenters. The molecule has 0 bridgehead atoms. The third kappa shape index (κ3) is 4.00. The second-order valence-electron chi connectivity index (χ2n) is 11.1. The summed E-state index contributed by atoms with van der Waals surface area (Å²) in [6, 6.07) is 25.1. The molecule has 5 rings (SSSR count). The van der Waals surface area contributed by atoms with Gasteiger partial charge >= 0.3 is 213 Å². The minimum absolute atomic E-state index is 0.0702. The van der Waals surface area contributed by atoms with Crippen molar-refractivity contribution in [3.8, 4) is 11.3 Å². The maximum atomic E-state index is 5.00. The van der Waals surface area contributed by atoms with Crippen LogP contribution in [0.25, 0.3) is 31.7 Å². The van der Waals surface area contributed by atoms with Crippen LogP contribution in [0.4, 0.5) is 0 Å². The molecule has 0 amide bonds. The van der Waals surface area contributed by atoms with Crippen LogP contribution >= 0.6 is 0 Å². The van der Waals surface area contributed by atoms with Crippen molar-refractivity contribution in [1.82, 2.24) is 4.98 Å².